The Kier molecular flexibility index (Phi) is 35.9. The number of hydrogen-bond donors (Lipinski definition) is 6. The van der Waals surface area contributed by atoms with Crippen LogP contribution in [0.25, 0.3) is 33.3 Å². The number of fused-ring (bicyclic) bond motifs is 6. The lowest BCUT2D eigenvalue weighted by Gasteiger charge is -2.40. The van der Waals surface area contributed by atoms with E-state index in [2.05, 4.69) is 68.7 Å². The number of carbonyl (C=O) groups is 8. The van der Waals surface area contributed by atoms with Crippen LogP contribution < -0.4 is 26.2 Å². The number of amides is 4. The van der Waals surface area contributed by atoms with Crippen molar-refractivity contribution in [3.8, 4) is 11.3 Å². The molecule has 1 aromatic carbocycles. The van der Waals surface area contributed by atoms with Gasteiger partial charge in [0.05, 0.1) is 108 Å². The summed E-state index contributed by atoms with van der Waals surface area (Å²) in [6, 6.07) is 8.86. The fraction of sp³-hybridized carbons (Fsp3) is 0.562. The number of pyridine rings is 1. The van der Waals surface area contributed by atoms with Crippen LogP contribution >= 0.6 is 0 Å². The smallest absolute Gasteiger partial charge is 0.407 e. The number of nitrogens with two attached hydrogens (primary N) is 1. The molecule has 35 nitrogen and oxygen atoms in total. The summed E-state index contributed by atoms with van der Waals surface area (Å²) >= 11 is 0. The first-order chi connectivity index (χ1) is 63.5. The molecule has 11 heterocycles. The van der Waals surface area contributed by atoms with Gasteiger partial charge in [-0.3, -0.25) is 28.8 Å². The largest absolute Gasteiger partial charge is 0.460 e. The number of allylic oxidation sites excluding steroid dienone is 6. The number of nitrogen functional groups attached to an aromatic ring is 1. The number of carbonyl (C=O) groups excluding carboxylic acids is 8. The predicted octanol–water partition coefficient (Wildman–Crippen LogP) is 9.41. The number of aliphatic hydroxyl groups excluding tert-OH is 2. The molecule has 7 aromatic rings. The van der Waals surface area contributed by atoms with Crippen molar-refractivity contribution >= 4 is 86.9 Å². The van der Waals surface area contributed by atoms with E-state index in [1.54, 1.807) is 45.6 Å². The van der Waals surface area contributed by atoms with Crippen molar-refractivity contribution in [2.24, 2.45) is 23.7 Å². The van der Waals surface area contributed by atoms with Gasteiger partial charge < -0.3 is 89.1 Å². The minimum Gasteiger partial charge on any atom is -0.460 e. The first-order valence-corrected chi connectivity index (χ1v) is 46.3. The Balaban J connectivity index is 0.478. The number of benzene rings is 1. The number of piperazine rings is 1. The molecule has 131 heavy (non-hydrogen) atoms. The van der Waals surface area contributed by atoms with Crippen LogP contribution in [0, 0.1) is 23.7 Å². The molecule has 6 aromatic heterocycles. The minimum absolute atomic E-state index is 0.0365. The van der Waals surface area contributed by atoms with Gasteiger partial charge in [-0.25, -0.2) is 49.2 Å². The maximum atomic E-state index is 14.5. The third-order valence-corrected chi connectivity index (χ3v) is 25.6. The second-order valence-corrected chi connectivity index (χ2v) is 35.3. The van der Waals surface area contributed by atoms with Crippen molar-refractivity contribution in [2.45, 2.75) is 219 Å². The molecule has 704 valence electrons. The van der Waals surface area contributed by atoms with Gasteiger partial charge in [0.2, 0.25) is 23.6 Å². The molecule has 4 fully saturated rings. The Labute approximate surface area is 763 Å². The van der Waals surface area contributed by atoms with Gasteiger partial charge in [0.1, 0.15) is 59.4 Å². The van der Waals surface area contributed by atoms with Crippen LogP contribution in [0.3, 0.4) is 0 Å². The van der Waals surface area contributed by atoms with Crippen molar-refractivity contribution in [3.05, 3.63) is 149 Å². The Bertz CT molecular complexity index is 5150. The van der Waals surface area contributed by atoms with Gasteiger partial charge in [-0.05, 0) is 156 Å². The molecule has 7 N–H and O–H groups in total. The number of cyclic esters (lactones) is 1. The molecule has 35 heteroatoms. The third-order valence-electron chi connectivity index (χ3n) is 25.6. The monoisotopic (exact) mass is 1810 g/mol. The van der Waals surface area contributed by atoms with Gasteiger partial charge in [0, 0.05) is 144 Å². The molecule has 5 aliphatic heterocycles. The van der Waals surface area contributed by atoms with Crippen molar-refractivity contribution in [3.63, 3.8) is 0 Å². The molecular weight excluding hydrogens is 1680 g/mol. The van der Waals surface area contributed by atoms with E-state index in [1.165, 1.54) is 29.2 Å². The average Bonchev–Trinajstić information content (AvgIpc) is 1.62. The number of hydrogen-bond acceptors (Lipinski definition) is 29. The first kappa shape index (κ1) is 97.4. The zero-order valence-electron chi connectivity index (χ0n) is 76.1. The van der Waals surface area contributed by atoms with E-state index in [0.717, 1.165) is 39.7 Å². The quantitative estimate of drug-likeness (QED) is 0.0110. The van der Waals surface area contributed by atoms with E-state index < -0.39 is 60.1 Å². The molecule has 0 spiro atoms. The summed E-state index contributed by atoms with van der Waals surface area (Å²) in [5.74, 6) is -2.47. The van der Waals surface area contributed by atoms with Crippen LogP contribution in [0.5, 0.6) is 0 Å². The van der Waals surface area contributed by atoms with Gasteiger partial charge in [0.15, 0.2) is 5.65 Å². The van der Waals surface area contributed by atoms with Crippen LogP contribution in [0.1, 0.15) is 176 Å². The van der Waals surface area contributed by atoms with Crippen LogP contribution in [0.15, 0.2) is 121 Å². The lowest BCUT2D eigenvalue weighted by atomic mass is 9.83. The number of ketones is 3. The maximum Gasteiger partial charge on any atom is 0.407 e. The van der Waals surface area contributed by atoms with Crippen LogP contribution in [-0.2, 0) is 92.7 Å². The topological polar surface area (TPSA) is 438 Å². The standard InChI is InChI=1S/C96H127N17O18/c1-61-13-8-7-9-14-62(2)83(124-6)48-76-15-12-17-82(129-76)87(119)92(121)112-31-11-10-16-78(112)93(122)130-77(47-79(115)64(4)44-65(5)81(117)49-80(116)63(3)43-61)25-21-66-19-23-75(24-20-66)131-96(123)105-52-68-50-101-95(102-51-68)111-34-33-110(58-74(111)59-114)94-103-54-73(55-104-94)91(120)99-30-36-126-38-40-128-42-41-127-39-37-125-35-28-84(118)109-32-27-69-45-67(18-22-71(69)57-109)56-113-90-85(88(97)106-60-107-90)86(108-113)72-46-70-26-29-98-89(70)100-53-72/h7-9,13-14,18,22,26,29,44-46,50-51,53-55,60-61,63-64,66,74-78,81-83,114,117H,10-12,15-17,19-21,23-25,27-28,30-43,47-49,52,56-59H2,1-6H3,(H,98,100)(H,99,120)(H,105,123)(H2,97,106,107)/b9-7?,13-8+,62-14?,65-44+/t61-,63-,64-,66?,74?,75?,76?,77-,78+,81+,82?,83+/m1/s1. The number of rotatable bonds is 29. The number of aromatic amines is 1. The van der Waals surface area contributed by atoms with Gasteiger partial charge in [-0.1, -0.05) is 75.4 Å². The number of piperidine rings is 1. The highest BCUT2D eigenvalue weighted by Crippen LogP contribution is 2.36. The highest BCUT2D eigenvalue weighted by atomic mass is 16.6. The average molecular weight is 1810 g/mol. The normalized spacial score (nSPS) is 24.5. The van der Waals surface area contributed by atoms with Crippen LogP contribution in [-0.4, -0.2) is 271 Å². The van der Waals surface area contributed by atoms with Gasteiger partial charge in [-0.2, -0.15) is 5.10 Å². The fourth-order valence-corrected chi connectivity index (χ4v) is 18.0. The number of ether oxygens (including phenoxy) is 8. The molecule has 3 unspecified atom stereocenters. The number of alkyl carbamates (subject to hydrolysis) is 1. The number of aliphatic hydroxyl groups is 2. The highest BCUT2D eigenvalue weighted by Gasteiger charge is 2.42. The second kappa shape index (κ2) is 48.3. The summed E-state index contributed by atoms with van der Waals surface area (Å²) < 4.78 is 49.0. The number of Topliss-reactive ketones (excluding diaryl/α,β-unsaturated/α-hetero) is 3. The molecule has 2 bridgehead atoms. The summed E-state index contributed by atoms with van der Waals surface area (Å²) in [6.45, 7) is 15.1. The number of anilines is 3. The fourth-order valence-electron chi connectivity index (χ4n) is 18.0. The zero-order chi connectivity index (χ0) is 92.3. The summed E-state index contributed by atoms with van der Waals surface area (Å²) in [7, 11) is 1.63. The van der Waals surface area contributed by atoms with E-state index >= 15 is 0 Å². The maximum absolute atomic E-state index is 14.5. The molecule has 3 saturated heterocycles. The molecule has 1 saturated carbocycles. The van der Waals surface area contributed by atoms with Crippen LogP contribution in [0.4, 0.5) is 22.5 Å². The van der Waals surface area contributed by atoms with Crippen LogP contribution in [0.2, 0.25) is 0 Å². The van der Waals surface area contributed by atoms with E-state index in [4.69, 9.17) is 48.7 Å². The highest BCUT2D eigenvalue weighted by molar-refractivity contribution is 6.38. The van der Waals surface area contributed by atoms with Crippen molar-refractivity contribution < 1.29 is 86.5 Å². The van der Waals surface area contributed by atoms with Crippen molar-refractivity contribution in [1.29, 1.82) is 0 Å². The molecule has 0 radical (unpaired) electrons. The second-order valence-electron chi connectivity index (χ2n) is 35.3. The van der Waals surface area contributed by atoms with E-state index in [1.807, 2.05) is 88.9 Å². The van der Waals surface area contributed by atoms with E-state index in [0.29, 0.717) is 208 Å². The Hall–Kier alpha value is -11.2. The number of esters is 1. The molecular formula is C96H127N17O18. The summed E-state index contributed by atoms with van der Waals surface area (Å²) in [6.07, 6.45) is 26.6. The Morgan fingerprint density at radius 1 is 0.702 bits per heavy atom. The lowest BCUT2D eigenvalue weighted by Crippen LogP contribution is -2.56. The summed E-state index contributed by atoms with van der Waals surface area (Å²) in [5, 5.41) is 34.1. The number of methoxy groups -OCH3 is 1. The van der Waals surface area contributed by atoms with Crippen molar-refractivity contribution in [1.82, 2.24) is 70.1 Å². The zero-order valence-corrected chi connectivity index (χ0v) is 76.1. The van der Waals surface area contributed by atoms with E-state index in [9.17, 15) is 48.6 Å². The Morgan fingerprint density at radius 2 is 1.46 bits per heavy atom. The molecule has 4 amide bonds. The van der Waals surface area contributed by atoms with Gasteiger partial charge in [0.25, 0.3) is 11.8 Å². The lowest BCUT2D eigenvalue weighted by molar-refractivity contribution is -0.167. The molecule has 6 aliphatic rings. The number of H-pyrrole nitrogens is 1. The summed E-state index contributed by atoms with van der Waals surface area (Å²) in [4.78, 5) is 152. The predicted molar refractivity (Wildman–Crippen MR) is 488 cm³/mol. The number of nitrogens with one attached hydrogen (secondary N) is 3. The van der Waals surface area contributed by atoms with Gasteiger partial charge >= 0.3 is 12.1 Å². The van der Waals surface area contributed by atoms with Crippen molar-refractivity contribution in [2.75, 3.05) is 121 Å². The molecule has 1 aliphatic carbocycles. The third kappa shape index (κ3) is 27.3. The SMILES string of the molecule is CO[C@H]1CC2CCCC(O2)C(=O)C(=O)N2CCCC[C@H]2C(=O)O[C@H](CCC2CCC(OC(=O)NCc3cnc(N4CCN(c5ncc(C(=O)NCCOCCOCCOCCOCCC(=O)N6CCc7cc(Cn8nc(-c9cnc%10[nH]ccc%10c9)c9c(N)ncnc98)ccc7C6)cn5)CC4CO)nc3)CC2)CC(=O)[C@H](C)/C=C(\C)[C@@H](O)CC(=O)[C@H](C)C[C@H](C)/C=C/C=CC=C1C. The number of nitrogens with zero attached hydrogens (tertiary/aromatic N) is 13. The van der Waals surface area contributed by atoms with E-state index in [-0.39, 0.29) is 130 Å². The first-order valence-electron chi connectivity index (χ1n) is 46.3. The molecule has 10 atom stereocenters. The van der Waals surface area contributed by atoms with Gasteiger partial charge in [-0.15, -0.1) is 0 Å². The molecule has 13 rings (SSSR count). The summed E-state index contributed by atoms with van der Waals surface area (Å²) in [5.41, 5.74) is 15.0. The Morgan fingerprint density at radius 3 is 2.22 bits per heavy atom. The minimum atomic E-state index is -1.10. The number of aromatic nitrogens is 10.